The van der Waals surface area contributed by atoms with Gasteiger partial charge in [0.25, 0.3) is 0 Å². The highest BCUT2D eigenvalue weighted by molar-refractivity contribution is 6.33. The van der Waals surface area contributed by atoms with E-state index in [-0.39, 0.29) is 17.6 Å². The molecule has 1 atom stereocenters. The molecule has 144 valence electrons. The van der Waals surface area contributed by atoms with Crippen molar-refractivity contribution in [2.45, 2.75) is 25.6 Å². The van der Waals surface area contributed by atoms with E-state index in [4.69, 9.17) is 16.3 Å². The smallest absolute Gasteiger partial charge is 0.238 e. The van der Waals surface area contributed by atoms with E-state index in [9.17, 15) is 4.79 Å². The van der Waals surface area contributed by atoms with Crippen molar-refractivity contribution in [3.63, 3.8) is 0 Å². The van der Waals surface area contributed by atoms with Crippen LogP contribution in [0.2, 0.25) is 5.02 Å². The number of carbonyl (C=O) groups excluding carboxylic acids is 1. The van der Waals surface area contributed by atoms with E-state index < -0.39 is 0 Å². The summed E-state index contributed by atoms with van der Waals surface area (Å²) in [6, 6.07) is 7.31. The minimum Gasteiger partial charge on any atom is -0.368 e. The third-order valence-corrected chi connectivity index (χ3v) is 5.18. The molecule has 0 aliphatic carbocycles. The number of amides is 1. The van der Waals surface area contributed by atoms with Crippen LogP contribution < -0.4 is 10.6 Å². The van der Waals surface area contributed by atoms with Gasteiger partial charge in [-0.1, -0.05) is 23.7 Å². The molecule has 0 aromatic heterocycles. The summed E-state index contributed by atoms with van der Waals surface area (Å²) in [5.41, 5.74) is 0.573. The van der Waals surface area contributed by atoms with Gasteiger partial charge in [-0.2, -0.15) is 0 Å². The second kappa shape index (κ2) is 8.67. The fourth-order valence-corrected chi connectivity index (χ4v) is 3.73. The number of rotatable bonds is 5. The highest BCUT2D eigenvalue weighted by Gasteiger charge is 2.30. The molecule has 0 saturated carbocycles. The number of nitrogens with zero attached hydrogens (tertiary/aromatic N) is 2. The average molecular weight is 381 g/mol. The zero-order valence-electron chi connectivity index (χ0n) is 15.6. The zero-order valence-corrected chi connectivity index (χ0v) is 16.4. The maximum Gasteiger partial charge on any atom is 0.238 e. The Labute approximate surface area is 160 Å². The number of halogens is 1. The molecule has 7 heteroatoms. The minimum absolute atomic E-state index is 0.0203. The van der Waals surface area contributed by atoms with Crippen LogP contribution in [0.4, 0.5) is 5.69 Å². The second-order valence-corrected chi connectivity index (χ2v) is 8.14. The van der Waals surface area contributed by atoms with Crippen molar-refractivity contribution in [2.75, 3.05) is 57.7 Å². The number of morpholine rings is 1. The van der Waals surface area contributed by atoms with Gasteiger partial charge in [0.15, 0.2) is 0 Å². The fourth-order valence-electron chi connectivity index (χ4n) is 3.54. The second-order valence-electron chi connectivity index (χ2n) is 7.74. The van der Waals surface area contributed by atoms with Crippen LogP contribution in [0.3, 0.4) is 0 Å². The molecule has 1 aromatic carbocycles. The van der Waals surface area contributed by atoms with Crippen molar-refractivity contribution >= 4 is 23.2 Å². The molecule has 3 rings (SSSR count). The van der Waals surface area contributed by atoms with Crippen LogP contribution in [0.1, 0.15) is 13.8 Å². The molecular formula is C19H29ClN4O2. The molecule has 1 amide bonds. The van der Waals surface area contributed by atoms with Crippen LogP contribution in [0, 0.1) is 0 Å². The Morgan fingerprint density at radius 2 is 1.96 bits per heavy atom. The van der Waals surface area contributed by atoms with Crippen molar-refractivity contribution in [3.8, 4) is 0 Å². The van der Waals surface area contributed by atoms with E-state index in [0.29, 0.717) is 17.3 Å². The number of para-hydroxylation sites is 1. The Morgan fingerprint density at radius 3 is 2.65 bits per heavy atom. The summed E-state index contributed by atoms with van der Waals surface area (Å²) in [6.45, 7) is 11.1. The highest BCUT2D eigenvalue weighted by Crippen LogP contribution is 2.20. The number of anilines is 1. The number of hydrogen-bond acceptors (Lipinski definition) is 5. The largest absolute Gasteiger partial charge is 0.368 e. The van der Waals surface area contributed by atoms with Crippen LogP contribution in [0.5, 0.6) is 0 Å². The lowest BCUT2D eigenvalue weighted by Gasteiger charge is -2.41. The lowest BCUT2D eigenvalue weighted by molar-refractivity contribution is -0.118. The van der Waals surface area contributed by atoms with Gasteiger partial charge in [0.05, 0.1) is 29.0 Å². The standard InChI is InChI=1S/C19H29ClN4O2/c1-19(2)14-21-11-15(26-19)12-23-7-9-24(10-8-23)13-18(25)22-17-6-4-3-5-16(17)20/h3-6,15,21H,7-14H2,1-2H3,(H,22,25)/t15-/m0/s1. The Morgan fingerprint density at radius 1 is 1.27 bits per heavy atom. The lowest BCUT2D eigenvalue weighted by atomic mass is 10.1. The summed E-state index contributed by atoms with van der Waals surface area (Å²) < 4.78 is 6.15. The Balaban J connectivity index is 1.40. The van der Waals surface area contributed by atoms with Gasteiger partial charge in [-0.05, 0) is 26.0 Å². The van der Waals surface area contributed by atoms with Crippen LogP contribution in [-0.2, 0) is 9.53 Å². The molecule has 2 fully saturated rings. The van der Waals surface area contributed by atoms with E-state index in [1.807, 2.05) is 18.2 Å². The number of nitrogens with one attached hydrogen (secondary N) is 2. The molecule has 0 unspecified atom stereocenters. The summed E-state index contributed by atoms with van der Waals surface area (Å²) in [7, 11) is 0. The van der Waals surface area contributed by atoms with Crippen molar-refractivity contribution in [1.82, 2.24) is 15.1 Å². The van der Waals surface area contributed by atoms with E-state index in [1.54, 1.807) is 6.07 Å². The van der Waals surface area contributed by atoms with Crippen LogP contribution in [0.25, 0.3) is 0 Å². The van der Waals surface area contributed by atoms with E-state index in [0.717, 1.165) is 45.8 Å². The number of carbonyl (C=O) groups is 1. The van der Waals surface area contributed by atoms with E-state index in [1.165, 1.54) is 0 Å². The van der Waals surface area contributed by atoms with Crippen LogP contribution in [0.15, 0.2) is 24.3 Å². The molecule has 2 heterocycles. The fraction of sp³-hybridized carbons (Fsp3) is 0.632. The number of benzene rings is 1. The molecule has 2 aliphatic rings. The summed E-state index contributed by atoms with van der Waals surface area (Å²) in [6.07, 6.45) is 0.230. The highest BCUT2D eigenvalue weighted by atomic mass is 35.5. The maximum absolute atomic E-state index is 12.2. The van der Waals surface area contributed by atoms with Gasteiger partial charge >= 0.3 is 0 Å². The SMILES string of the molecule is CC1(C)CNC[C@@H](CN2CCN(CC(=O)Nc3ccccc3Cl)CC2)O1. The quantitative estimate of drug-likeness (QED) is 0.813. The zero-order chi connectivity index (χ0) is 18.6. The van der Waals surface area contributed by atoms with Crippen LogP contribution in [-0.4, -0.2) is 79.8 Å². The third kappa shape index (κ3) is 5.66. The Kier molecular flexibility index (Phi) is 6.53. The molecular weight excluding hydrogens is 352 g/mol. The van der Waals surface area contributed by atoms with Gasteiger partial charge in [-0.15, -0.1) is 0 Å². The first-order valence-electron chi connectivity index (χ1n) is 9.29. The van der Waals surface area contributed by atoms with Gasteiger partial charge in [-0.3, -0.25) is 14.6 Å². The summed E-state index contributed by atoms with van der Waals surface area (Å²) in [5, 5.41) is 6.90. The van der Waals surface area contributed by atoms with Crippen molar-refractivity contribution in [2.24, 2.45) is 0 Å². The number of hydrogen-bond donors (Lipinski definition) is 2. The summed E-state index contributed by atoms with van der Waals surface area (Å²) in [4.78, 5) is 16.9. The molecule has 6 nitrogen and oxygen atoms in total. The van der Waals surface area contributed by atoms with Gasteiger partial charge in [0, 0.05) is 45.8 Å². The minimum atomic E-state index is -0.0957. The predicted molar refractivity (Wildman–Crippen MR) is 105 cm³/mol. The van der Waals surface area contributed by atoms with Gasteiger partial charge in [0.1, 0.15) is 0 Å². The normalized spacial score (nSPS) is 24.3. The van der Waals surface area contributed by atoms with Crippen molar-refractivity contribution in [3.05, 3.63) is 29.3 Å². The molecule has 0 bridgehead atoms. The Hall–Kier alpha value is -1.18. The van der Waals surface area contributed by atoms with Gasteiger partial charge in [-0.25, -0.2) is 0 Å². The molecule has 2 saturated heterocycles. The first-order valence-corrected chi connectivity index (χ1v) is 9.67. The number of ether oxygens (including phenoxy) is 1. The molecule has 0 spiro atoms. The van der Waals surface area contributed by atoms with Crippen LogP contribution >= 0.6 is 11.6 Å². The molecule has 2 aliphatic heterocycles. The Bertz CT molecular complexity index is 617. The van der Waals surface area contributed by atoms with Crippen molar-refractivity contribution < 1.29 is 9.53 Å². The molecule has 2 N–H and O–H groups in total. The maximum atomic E-state index is 12.2. The third-order valence-electron chi connectivity index (χ3n) is 4.85. The molecule has 1 aromatic rings. The average Bonchev–Trinajstić information content (AvgIpc) is 2.58. The van der Waals surface area contributed by atoms with Gasteiger partial charge < -0.3 is 15.4 Å². The molecule has 0 radical (unpaired) electrons. The summed E-state index contributed by atoms with van der Waals surface area (Å²) >= 11 is 6.09. The first kappa shape index (κ1) is 19.6. The monoisotopic (exact) mass is 380 g/mol. The van der Waals surface area contributed by atoms with E-state index >= 15 is 0 Å². The summed E-state index contributed by atoms with van der Waals surface area (Å²) in [5.74, 6) is -0.0203. The predicted octanol–water partition coefficient (Wildman–Crippen LogP) is 1.66. The van der Waals surface area contributed by atoms with Gasteiger partial charge in [0.2, 0.25) is 5.91 Å². The molecule has 26 heavy (non-hydrogen) atoms. The topological polar surface area (TPSA) is 56.8 Å². The number of piperazine rings is 1. The first-order chi connectivity index (χ1) is 12.4. The lowest BCUT2D eigenvalue weighted by Crippen LogP contribution is -2.56. The van der Waals surface area contributed by atoms with Crippen molar-refractivity contribution in [1.29, 1.82) is 0 Å². The van der Waals surface area contributed by atoms with E-state index in [2.05, 4.69) is 34.3 Å².